The third kappa shape index (κ3) is 1.61. The van der Waals surface area contributed by atoms with Gasteiger partial charge in [0.05, 0.1) is 0 Å². The summed E-state index contributed by atoms with van der Waals surface area (Å²) >= 11 is 3.43. The van der Waals surface area contributed by atoms with Crippen LogP contribution in [0.5, 0.6) is 5.75 Å². The van der Waals surface area contributed by atoms with Crippen LogP contribution < -0.4 is 4.74 Å². The Kier molecular flexibility index (Phi) is 2.12. The molecule has 13 heavy (non-hydrogen) atoms. The van der Waals surface area contributed by atoms with Gasteiger partial charge < -0.3 is 4.74 Å². The lowest BCUT2D eigenvalue weighted by atomic mass is 10.0. The lowest BCUT2D eigenvalue weighted by Crippen LogP contribution is -2.20. The van der Waals surface area contributed by atoms with E-state index in [-0.39, 0.29) is 12.4 Å². The molecule has 0 amide bonds. The number of aryl methyl sites for hydroxylation is 1. The number of rotatable bonds is 0. The lowest BCUT2D eigenvalue weighted by Gasteiger charge is -2.17. The van der Waals surface area contributed by atoms with Gasteiger partial charge >= 0.3 is 0 Å². The fourth-order valence-electron chi connectivity index (χ4n) is 1.39. The Morgan fingerprint density at radius 2 is 2.23 bits per heavy atom. The Hall–Kier alpha value is -0.830. The first-order valence-corrected chi connectivity index (χ1v) is 4.89. The second-order valence-corrected chi connectivity index (χ2v) is 4.07. The molecular formula is C10H9BrO2. The largest absolute Gasteiger partial charge is 0.486 e. The van der Waals surface area contributed by atoms with Crippen molar-refractivity contribution < 1.29 is 9.53 Å². The van der Waals surface area contributed by atoms with Crippen LogP contribution in [0.1, 0.15) is 11.1 Å². The molecule has 0 N–H and O–H groups in total. The monoisotopic (exact) mass is 240 g/mol. The highest BCUT2D eigenvalue weighted by molar-refractivity contribution is 9.10. The number of ketones is 1. The highest BCUT2D eigenvalue weighted by Crippen LogP contribution is 2.29. The van der Waals surface area contributed by atoms with Gasteiger partial charge in [-0.15, -0.1) is 0 Å². The average Bonchev–Trinajstić information content (AvgIpc) is 2.08. The van der Waals surface area contributed by atoms with Gasteiger partial charge in [0.15, 0.2) is 5.78 Å². The van der Waals surface area contributed by atoms with Crippen LogP contribution in [0.2, 0.25) is 0 Å². The van der Waals surface area contributed by atoms with Gasteiger partial charge in [-0.05, 0) is 24.6 Å². The number of hydrogen-bond acceptors (Lipinski definition) is 2. The van der Waals surface area contributed by atoms with E-state index in [0.29, 0.717) is 6.42 Å². The molecule has 1 aromatic carbocycles. The molecule has 3 heteroatoms. The summed E-state index contributed by atoms with van der Waals surface area (Å²) in [4.78, 5) is 11.1. The maximum Gasteiger partial charge on any atom is 0.174 e. The van der Waals surface area contributed by atoms with Gasteiger partial charge in [-0.25, -0.2) is 0 Å². The number of carbonyl (C=O) groups excluding carboxylic acids is 1. The Labute approximate surface area is 85.0 Å². The minimum Gasteiger partial charge on any atom is -0.486 e. The maximum absolute atomic E-state index is 11.1. The van der Waals surface area contributed by atoms with Crippen molar-refractivity contribution >= 4 is 21.7 Å². The van der Waals surface area contributed by atoms with Gasteiger partial charge in [-0.2, -0.15) is 0 Å². The standard InChI is InChI=1S/C10H9BrO2/c1-6-2-10-7(4-9(6)11)3-8(12)5-13-10/h2,4H,3,5H2,1H3. The molecule has 0 fully saturated rings. The molecule has 68 valence electrons. The van der Waals surface area contributed by atoms with E-state index in [4.69, 9.17) is 4.74 Å². The van der Waals surface area contributed by atoms with E-state index in [1.54, 1.807) is 0 Å². The molecule has 0 saturated carbocycles. The molecule has 0 aliphatic carbocycles. The molecule has 1 aromatic rings. The zero-order chi connectivity index (χ0) is 9.42. The molecule has 1 aliphatic heterocycles. The second-order valence-electron chi connectivity index (χ2n) is 3.21. The number of hydrogen-bond donors (Lipinski definition) is 0. The molecule has 0 spiro atoms. The zero-order valence-corrected chi connectivity index (χ0v) is 8.85. The van der Waals surface area contributed by atoms with Gasteiger partial charge in [-0.3, -0.25) is 4.79 Å². The van der Waals surface area contributed by atoms with Crippen LogP contribution in [0.25, 0.3) is 0 Å². The van der Waals surface area contributed by atoms with Gasteiger partial charge in [0.2, 0.25) is 0 Å². The predicted molar refractivity (Wildman–Crippen MR) is 53.1 cm³/mol. The molecule has 0 atom stereocenters. The van der Waals surface area contributed by atoms with Crippen molar-refractivity contribution in [1.29, 1.82) is 0 Å². The third-order valence-electron chi connectivity index (χ3n) is 2.12. The molecule has 0 aromatic heterocycles. The molecule has 1 heterocycles. The Morgan fingerprint density at radius 1 is 1.46 bits per heavy atom. The Morgan fingerprint density at radius 3 is 3.00 bits per heavy atom. The summed E-state index contributed by atoms with van der Waals surface area (Å²) < 4.78 is 6.33. The van der Waals surface area contributed by atoms with Crippen LogP contribution in [0.15, 0.2) is 16.6 Å². The lowest BCUT2D eigenvalue weighted by molar-refractivity contribution is -0.121. The van der Waals surface area contributed by atoms with Crippen molar-refractivity contribution in [2.75, 3.05) is 6.61 Å². The van der Waals surface area contributed by atoms with E-state index >= 15 is 0 Å². The molecule has 2 nitrogen and oxygen atoms in total. The van der Waals surface area contributed by atoms with Crippen molar-refractivity contribution in [2.45, 2.75) is 13.3 Å². The van der Waals surface area contributed by atoms with Gasteiger partial charge in [0, 0.05) is 16.5 Å². The molecule has 2 rings (SSSR count). The van der Waals surface area contributed by atoms with E-state index in [0.717, 1.165) is 21.3 Å². The molecule has 0 saturated heterocycles. The van der Waals surface area contributed by atoms with Crippen molar-refractivity contribution in [3.05, 3.63) is 27.7 Å². The summed E-state index contributed by atoms with van der Waals surface area (Å²) in [5.41, 5.74) is 2.11. The minimum atomic E-state index is 0.142. The first-order chi connectivity index (χ1) is 6.16. The van der Waals surface area contributed by atoms with E-state index in [1.807, 2.05) is 19.1 Å². The average molecular weight is 241 g/mol. The van der Waals surface area contributed by atoms with Crippen molar-refractivity contribution in [2.24, 2.45) is 0 Å². The van der Waals surface area contributed by atoms with Gasteiger partial charge in [-0.1, -0.05) is 15.9 Å². The number of carbonyl (C=O) groups is 1. The quantitative estimate of drug-likeness (QED) is 0.696. The van der Waals surface area contributed by atoms with Crippen molar-refractivity contribution in [1.82, 2.24) is 0 Å². The summed E-state index contributed by atoms with van der Waals surface area (Å²) in [6.07, 6.45) is 0.494. The number of benzene rings is 1. The maximum atomic E-state index is 11.1. The molecular weight excluding hydrogens is 232 g/mol. The fraction of sp³-hybridized carbons (Fsp3) is 0.300. The van der Waals surface area contributed by atoms with E-state index in [2.05, 4.69) is 15.9 Å². The van der Waals surface area contributed by atoms with Crippen LogP contribution in [0.3, 0.4) is 0 Å². The normalized spacial score (nSPS) is 15.1. The zero-order valence-electron chi connectivity index (χ0n) is 7.26. The third-order valence-corrected chi connectivity index (χ3v) is 2.97. The predicted octanol–water partition coefficient (Wildman–Crippen LogP) is 2.26. The van der Waals surface area contributed by atoms with E-state index < -0.39 is 0 Å². The molecule has 1 aliphatic rings. The van der Waals surface area contributed by atoms with Crippen LogP contribution >= 0.6 is 15.9 Å². The molecule has 0 bridgehead atoms. The fourth-order valence-corrected chi connectivity index (χ4v) is 1.78. The van der Waals surface area contributed by atoms with Crippen molar-refractivity contribution in [3.8, 4) is 5.75 Å². The van der Waals surface area contributed by atoms with Crippen molar-refractivity contribution in [3.63, 3.8) is 0 Å². The second kappa shape index (κ2) is 3.14. The van der Waals surface area contributed by atoms with E-state index in [9.17, 15) is 4.79 Å². The topological polar surface area (TPSA) is 26.3 Å². The van der Waals surface area contributed by atoms with Gasteiger partial charge in [0.1, 0.15) is 12.4 Å². The summed E-state index contributed by atoms with van der Waals surface area (Å²) in [5, 5.41) is 0. The SMILES string of the molecule is Cc1cc2c(cc1Br)CC(=O)CO2. The van der Waals surface area contributed by atoms with Crippen LogP contribution in [0.4, 0.5) is 0 Å². The summed E-state index contributed by atoms with van der Waals surface area (Å²) in [7, 11) is 0. The van der Waals surface area contributed by atoms with Crippen LogP contribution in [-0.4, -0.2) is 12.4 Å². The van der Waals surface area contributed by atoms with Crippen LogP contribution in [0, 0.1) is 6.92 Å². The molecule has 0 radical (unpaired) electrons. The highest BCUT2D eigenvalue weighted by Gasteiger charge is 2.17. The smallest absolute Gasteiger partial charge is 0.174 e. The minimum absolute atomic E-state index is 0.142. The molecule has 0 unspecified atom stereocenters. The van der Waals surface area contributed by atoms with Gasteiger partial charge in [0.25, 0.3) is 0 Å². The number of fused-ring (bicyclic) bond motifs is 1. The first kappa shape index (κ1) is 8.75. The summed E-state index contributed by atoms with van der Waals surface area (Å²) in [6.45, 7) is 2.22. The van der Waals surface area contributed by atoms with E-state index in [1.165, 1.54) is 0 Å². The number of halogens is 1. The Bertz CT molecular complexity index is 371. The number of ether oxygens (including phenoxy) is 1. The highest BCUT2D eigenvalue weighted by atomic mass is 79.9. The number of Topliss-reactive ketones (excluding diaryl/α,β-unsaturated/α-hetero) is 1. The first-order valence-electron chi connectivity index (χ1n) is 4.10. The summed E-state index contributed by atoms with van der Waals surface area (Å²) in [5.74, 6) is 0.989. The van der Waals surface area contributed by atoms with Crippen LogP contribution in [-0.2, 0) is 11.2 Å². The Balaban J connectivity index is 2.49. The summed E-state index contributed by atoms with van der Waals surface area (Å²) in [6, 6.07) is 3.92.